The van der Waals surface area contributed by atoms with Crippen LogP contribution >= 0.6 is 0 Å². The Hall–Kier alpha value is -0.0800. The van der Waals surface area contributed by atoms with Crippen LogP contribution in [0.1, 0.15) is 60.8 Å². The largest absolute Gasteiger partial charge is 0.317 e. The molecule has 0 aromatic carbocycles. The summed E-state index contributed by atoms with van der Waals surface area (Å²) >= 11 is 0. The van der Waals surface area contributed by atoms with Gasteiger partial charge in [-0.25, -0.2) is 0 Å². The van der Waals surface area contributed by atoms with E-state index in [2.05, 4.69) is 51.8 Å². The molecule has 0 saturated heterocycles. The van der Waals surface area contributed by atoms with Crippen LogP contribution in [0.3, 0.4) is 0 Å². The summed E-state index contributed by atoms with van der Waals surface area (Å²) in [6, 6.07) is 0.721. The molecular formula is C16H36N2. The molecule has 0 radical (unpaired) electrons. The lowest BCUT2D eigenvalue weighted by Gasteiger charge is -2.32. The fraction of sp³-hybridized carbons (Fsp3) is 1.00. The van der Waals surface area contributed by atoms with Crippen molar-refractivity contribution in [2.24, 2.45) is 11.8 Å². The predicted octanol–water partition coefficient (Wildman–Crippen LogP) is 3.77. The molecule has 0 aliphatic heterocycles. The number of hydrogen-bond donors (Lipinski definition) is 1. The highest BCUT2D eigenvalue weighted by atomic mass is 15.1. The number of rotatable bonds is 11. The van der Waals surface area contributed by atoms with Crippen LogP contribution in [0.2, 0.25) is 0 Å². The number of nitrogens with one attached hydrogen (secondary N) is 1. The molecule has 1 unspecified atom stereocenters. The molecule has 1 atom stereocenters. The Bertz CT molecular complexity index is 168. The Balaban J connectivity index is 3.92. The smallest absolute Gasteiger partial charge is 0.00676 e. The Morgan fingerprint density at radius 1 is 0.889 bits per heavy atom. The van der Waals surface area contributed by atoms with E-state index < -0.39 is 0 Å². The van der Waals surface area contributed by atoms with Crippen molar-refractivity contribution < 1.29 is 0 Å². The summed E-state index contributed by atoms with van der Waals surface area (Å²) in [5, 5.41) is 3.49. The normalized spacial score (nSPS) is 13.8. The predicted molar refractivity (Wildman–Crippen MR) is 83.1 cm³/mol. The number of hydrogen-bond acceptors (Lipinski definition) is 2. The van der Waals surface area contributed by atoms with E-state index in [1.54, 1.807) is 0 Å². The minimum atomic E-state index is 0.721. The zero-order chi connectivity index (χ0) is 14.0. The molecule has 0 aromatic heterocycles. The van der Waals surface area contributed by atoms with E-state index in [-0.39, 0.29) is 0 Å². The second kappa shape index (κ2) is 10.8. The first kappa shape index (κ1) is 17.9. The molecule has 0 aliphatic rings. The van der Waals surface area contributed by atoms with Crippen LogP contribution in [-0.2, 0) is 0 Å². The fourth-order valence-corrected chi connectivity index (χ4v) is 2.38. The van der Waals surface area contributed by atoms with E-state index >= 15 is 0 Å². The molecule has 0 aliphatic carbocycles. The molecule has 0 aromatic rings. The Morgan fingerprint density at radius 3 is 1.89 bits per heavy atom. The molecule has 0 heterocycles. The van der Waals surface area contributed by atoms with Crippen LogP contribution in [0, 0.1) is 11.8 Å². The Labute approximate surface area is 116 Å². The summed E-state index contributed by atoms with van der Waals surface area (Å²) in [4.78, 5) is 2.68. The van der Waals surface area contributed by atoms with Gasteiger partial charge in [-0.15, -0.1) is 0 Å². The van der Waals surface area contributed by atoms with E-state index in [4.69, 9.17) is 0 Å². The van der Waals surface area contributed by atoms with Gasteiger partial charge in [0.15, 0.2) is 0 Å². The lowest BCUT2D eigenvalue weighted by molar-refractivity contribution is 0.157. The van der Waals surface area contributed by atoms with E-state index in [0.29, 0.717) is 0 Å². The summed E-state index contributed by atoms with van der Waals surface area (Å²) in [6.45, 7) is 18.7. The second-order valence-corrected chi connectivity index (χ2v) is 6.48. The highest BCUT2D eigenvalue weighted by Gasteiger charge is 2.15. The highest BCUT2D eigenvalue weighted by molar-refractivity contribution is 4.70. The van der Waals surface area contributed by atoms with Crippen LogP contribution < -0.4 is 5.32 Å². The van der Waals surface area contributed by atoms with Gasteiger partial charge in [0, 0.05) is 19.1 Å². The van der Waals surface area contributed by atoms with Gasteiger partial charge in [0.1, 0.15) is 0 Å². The molecular weight excluding hydrogens is 220 g/mol. The molecule has 0 spiro atoms. The van der Waals surface area contributed by atoms with Crippen LogP contribution in [0.15, 0.2) is 0 Å². The van der Waals surface area contributed by atoms with Gasteiger partial charge in [-0.05, 0) is 51.1 Å². The molecule has 2 heteroatoms. The van der Waals surface area contributed by atoms with Gasteiger partial charge in [-0.1, -0.05) is 34.6 Å². The third-order valence-electron chi connectivity index (χ3n) is 3.22. The standard InChI is InChI=1S/C16H36N2/c1-7-10-17-11-8-9-16(6)18(12-14(2)3)13-15(4)5/h14-17H,7-13H2,1-6H3. The van der Waals surface area contributed by atoms with Crippen LogP contribution in [0.5, 0.6) is 0 Å². The maximum Gasteiger partial charge on any atom is 0.00676 e. The van der Waals surface area contributed by atoms with Crippen molar-refractivity contribution in [2.45, 2.75) is 66.8 Å². The first-order chi connectivity index (χ1) is 8.47. The Morgan fingerprint density at radius 2 is 1.44 bits per heavy atom. The minimum Gasteiger partial charge on any atom is -0.317 e. The van der Waals surface area contributed by atoms with E-state index in [9.17, 15) is 0 Å². The average molecular weight is 256 g/mol. The molecule has 110 valence electrons. The zero-order valence-corrected chi connectivity index (χ0v) is 13.6. The molecule has 2 nitrogen and oxygen atoms in total. The summed E-state index contributed by atoms with van der Waals surface area (Å²) in [5.74, 6) is 1.54. The first-order valence-corrected chi connectivity index (χ1v) is 7.92. The van der Waals surface area contributed by atoms with Crippen molar-refractivity contribution in [3.63, 3.8) is 0 Å². The minimum absolute atomic E-state index is 0.721. The van der Waals surface area contributed by atoms with Gasteiger partial charge < -0.3 is 10.2 Å². The molecule has 18 heavy (non-hydrogen) atoms. The first-order valence-electron chi connectivity index (χ1n) is 7.92. The van der Waals surface area contributed by atoms with Gasteiger partial charge in [-0.3, -0.25) is 0 Å². The van der Waals surface area contributed by atoms with Crippen molar-refractivity contribution in [2.75, 3.05) is 26.2 Å². The summed E-state index contributed by atoms with van der Waals surface area (Å²) in [6.07, 6.45) is 3.85. The van der Waals surface area contributed by atoms with E-state index in [0.717, 1.165) is 24.4 Å². The number of nitrogens with zero attached hydrogens (tertiary/aromatic N) is 1. The third-order valence-corrected chi connectivity index (χ3v) is 3.22. The molecule has 0 rings (SSSR count). The fourth-order valence-electron chi connectivity index (χ4n) is 2.38. The SMILES string of the molecule is CCCNCCCC(C)N(CC(C)C)CC(C)C. The van der Waals surface area contributed by atoms with Gasteiger partial charge in [0.05, 0.1) is 0 Å². The third kappa shape index (κ3) is 9.90. The second-order valence-electron chi connectivity index (χ2n) is 6.48. The van der Waals surface area contributed by atoms with Gasteiger partial charge in [-0.2, -0.15) is 0 Å². The summed E-state index contributed by atoms with van der Waals surface area (Å²) in [5.41, 5.74) is 0. The summed E-state index contributed by atoms with van der Waals surface area (Å²) in [7, 11) is 0. The Kier molecular flexibility index (Phi) is 10.8. The van der Waals surface area contributed by atoms with E-state index in [1.165, 1.54) is 38.9 Å². The van der Waals surface area contributed by atoms with E-state index in [1.807, 2.05) is 0 Å². The van der Waals surface area contributed by atoms with Crippen molar-refractivity contribution in [1.29, 1.82) is 0 Å². The lowest BCUT2D eigenvalue weighted by Crippen LogP contribution is -2.39. The van der Waals surface area contributed by atoms with Gasteiger partial charge in [0.25, 0.3) is 0 Å². The molecule has 0 fully saturated rings. The average Bonchev–Trinajstić information content (AvgIpc) is 2.26. The van der Waals surface area contributed by atoms with Crippen LogP contribution in [0.25, 0.3) is 0 Å². The highest BCUT2D eigenvalue weighted by Crippen LogP contribution is 2.12. The quantitative estimate of drug-likeness (QED) is 0.566. The summed E-state index contributed by atoms with van der Waals surface area (Å²) < 4.78 is 0. The maximum absolute atomic E-state index is 3.49. The van der Waals surface area contributed by atoms with Gasteiger partial charge in [0.2, 0.25) is 0 Å². The molecule has 0 saturated carbocycles. The lowest BCUT2D eigenvalue weighted by atomic mass is 10.1. The van der Waals surface area contributed by atoms with Gasteiger partial charge >= 0.3 is 0 Å². The maximum atomic E-state index is 3.49. The monoisotopic (exact) mass is 256 g/mol. The molecule has 1 N–H and O–H groups in total. The van der Waals surface area contributed by atoms with Crippen molar-refractivity contribution >= 4 is 0 Å². The zero-order valence-electron chi connectivity index (χ0n) is 13.6. The van der Waals surface area contributed by atoms with Crippen molar-refractivity contribution in [3.8, 4) is 0 Å². The molecule has 0 bridgehead atoms. The van der Waals surface area contributed by atoms with Crippen LogP contribution in [0.4, 0.5) is 0 Å². The van der Waals surface area contributed by atoms with Crippen molar-refractivity contribution in [3.05, 3.63) is 0 Å². The van der Waals surface area contributed by atoms with Crippen LogP contribution in [-0.4, -0.2) is 37.1 Å². The molecule has 0 amide bonds. The topological polar surface area (TPSA) is 15.3 Å². The van der Waals surface area contributed by atoms with Crippen molar-refractivity contribution in [1.82, 2.24) is 10.2 Å².